The lowest BCUT2D eigenvalue weighted by atomic mass is 10.1. The number of hydrogen-bond donors (Lipinski definition) is 0. The molecule has 3 heteroatoms. The van der Waals surface area contributed by atoms with Crippen LogP contribution in [0.4, 0.5) is 0 Å². The summed E-state index contributed by atoms with van der Waals surface area (Å²) in [4.78, 5) is 11.3. The van der Waals surface area contributed by atoms with Gasteiger partial charge in [0.15, 0.2) is 11.0 Å². The molecule has 0 aromatic heterocycles. The fourth-order valence-corrected chi connectivity index (χ4v) is 1.75. The molecule has 0 atom stereocenters. The molecule has 0 saturated carbocycles. The molecule has 0 unspecified atom stereocenters. The van der Waals surface area contributed by atoms with Crippen molar-refractivity contribution in [2.45, 2.75) is 13.8 Å². The number of fused-ring (bicyclic) bond motifs is 1. The Bertz CT molecular complexity index is 471. The molecule has 1 heterocycles. The van der Waals surface area contributed by atoms with Crippen LogP contribution in [-0.4, -0.2) is 5.78 Å². The summed E-state index contributed by atoms with van der Waals surface area (Å²) < 4.78 is 5.07. The minimum absolute atomic E-state index is 0.0466. The van der Waals surface area contributed by atoms with E-state index in [1.165, 1.54) is 0 Å². The van der Waals surface area contributed by atoms with Gasteiger partial charge < -0.3 is 4.42 Å². The lowest BCUT2D eigenvalue weighted by Gasteiger charge is -2.01. The van der Waals surface area contributed by atoms with Crippen molar-refractivity contribution in [2.24, 2.45) is 0 Å². The first-order valence-corrected chi connectivity index (χ1v) is 4.65. The van der Waals surface area contributed by atoms with Crippen molar-refractivity contribution in [3.8, 4) is 11.1 Å². The van der Waals surface area contributed by atoms with Crippen LogP contribution in [0.15, 0.2) is 22.8 Å². The molecule has 1 aliphatic heterocycles. The van der Waals surface area contributed by atoms with Crippen molar-refractivity contribution in [3.05, 3.63) is 34.7 Å². The van der Waals surface area contributed by atoms with Crippen molar-refractivity contribution in [1.29, 1.82) is 0 Å². The second-order valence-electron chi connectivity index (χ2n) is 3.31. The van der Waals surface area contributed by atoms with Crippen LogP contribution in [0.3, 0.4) is 0 Å². The topological polar surface area (TPSA) is 30.2 Å². The van der Waals surface area contributed by atoms with Gasteiger partial charge in [0, 0.05) is 22.8 Å². The summed E-state index contributed by atoms with van der Waals surface area (Å²) in [5.74, 6) is 0.0466. The Balaban J connectivity index is 2.76. The van der Waals surface area contributed by atoms with Gasteiger partial charge in [-0.25, -0.2) is 0 Å². The molecule has 72 valence electrons. The van der Waals surface area contributed by atoms with Gasteiger partial charge in [-0.1, -0.05) is 0 Å². The third-order valence-corrected chi connectivity index (χ3v) is 2.49. The van der Waals surface area contributed by atoms with Crippen molar-refractivity contribution in [2.75, 3.05) is 0 Å². The van der Waals surface area contributed by atoms with Crippen LogP contribution in [-0.2, 0) is 0 Å². The van der Waals surface area contributed by atoms with Crippen LogP contribution >= 0.6 is 11.6 Å². The smallest absolute Gasteiger partial charge is 0.193 e. The van der Waals surface area contributed by atoms with Crippen LogP contribution in [0.1, 0.15) is 22.8 Å². The zero-order chi connectivity index (χ0) is 10.3. The average molecular weight is 209 g/mol. The highest BCUT2D eigenvalue weighted by Gasteiger charge is 2.17. The van der Waals surface area contributed by atoms with Gasteiger partial charge in [0.05, 0.1) is 0 Å². The van der Waals surface area contributed by atoms with Crippen molar-refractivity contribution < 1.29 is 9.21 Å². The van der Waals surface area contributed by atoms with E-state index in [9.17, 15) is 4.79 Å². The average Bonchev–Trinajstić information content (AvgIpc) is 2.43. The number of hydrogen-bond acceptors (Lipinski definition) is 2. The minimum Gasteiger partial charge on any atom is -0.452 e. The van der Waals surface area contributed by atoms with Crippen molar-refractivity contribution in [1.82, 2.24) is 0 Å². The second kappa shape index (κ2) is 3.14. The molecule has 2 aliphatic rings. The van der Waals surface area contributed by atoms with E-state index in [1.807, 2.05) is 13.0 Å². The summed E-state index contributed by atoms with van der Waals surface area (Å²) in [5, 5.41) is 0.297. The Kier molecular flexibility index (Phi) is 2.08. The molecule has 0 N–H and O–H groups in total. The lowest BCUT2D eigenvalue weighted by Crippen LogP contribution is -1.90. The standard InChI is InChI=1S/C11H9ClO2/c1-6-3-8(7(2)13)9-4-11(12)14-5-10(6)9/h3-5H,1-2H3. The molecular formula is C11H9ClO2. The number of halogens is 1. The van der Waals surface area contributed by atoms with E-state index in [4.69, 9.17) is 16.0 Å². The van der Waals surface area contributed by atoms with Gasteiger partial charge in [0.25, 0.3) is 0 Å². The van der Waals surface area contributed by atoms with Crippen LogP contribution in [0.25, 0.3) is 11.1 Å². The first-order valence-electron chi connectivity index (χ1n) is 4.28. The number of carbonyl (C=O) groups excluding carboxylic acids is 1. The van der Waals surface area contributed by atoms with E-state index in [0.717, 1.165) is 16.7 Å². The monoisotopic (exact) mass is 208 g/mol. The number of rotatable bonds is 1. The lowest BCUT2D eigenvalue weighted by molar-refractivity contribution is 0.101. The van der Waals surface area contributed by atoms with Gasteiger partial charge in [-0.05, 0) is 37.1 Å². The maximum absolute atomic E-state index is 11.3. The Morgan fingerprint density at radius 3 is 2.71 bits per heavy atom. The fourth-order valence-electron chi connectivity index (χ4n) is 1.60. The maximum atomic E-state index is 11.3. The summed E-state index contributed by atoms with van der Waals surface area (Å²) >= 11 is 5.73. The van der Waals surface area contributed by atoms with Gasteiger partial charge in [0.2, 0.25) is 0 Å². The molecular weight excluding hydrogens is 200 g/mol. The normalized spacial score (nSPS) is 10.8. The Labute approximate surface area is 86.8 Å². The SMILES string of the molecule is CC(=O)c1cc(C)c2coc(Cl)cc1-2. The predicted octanol–water partition coefficient (Wildman–Crippen LogP) is 3.55. The first-order chi connectivity index (χ1) is 6.59. The second-order valence-corrected chi connectivity index (χ2v) is 3.68. The molecule has 0 radical (unpaired) electrons. The summed E-state index contributed by atoms with van der Waals surface area (Å²) in [6, 6.07) is 3.54. The number of Topliss-reactive ketones (excluding diaryl/α,β-unsaturated/α-hetero) is 1. The third-order valence-electron chi connectivity index (χ3n) is 2.29. The number of ketones is 1. The number of carbonyl (C=O) groups is 1. The Morgan fingerprint density at radius 2 is 2.07 bits per heavy atom. The van der Waals surface area contributed by atoms with Crippen LogP contribution in [0.5, 0.6) is 0 Å². The van der Waals surface area contributed by atoms with Gasteiger partial charge in [-0.2, -0.15) is 0 Å². The molecule has 0 aromatic carbocycles. The largest absolute Gasteiger partial charge is 0.452 e. The Hall–Kier alpha value is -1.28. The van der Waals surface area contributed by atoms with Gasteiger partial charge in [0.1, 0.15) is 6.26 Å². The zero-order valence-corrected chi connectivity index (χ0v) is 8.68. The predicted molar refractivity (Wildman–Crippen MR) is 55.1 cm³/mol. The third kappa shape index (κ3) is 1.32. The molecule has 2 rings (SSSR count). The highest BCUT2D eigenvalue weighted by atomic mass is 35.5. The van der Waals surface area contributed by atoms with Gasteiger partial charge in [-0.15, -0.1) is 0 Å². The van der Waals surface area contributed by atoms with Crippen molar-refractivity contribution >= 4 is 17.4 Å². The molecule has 0 amide bonds. The minimum atomic E-state index is 0.0466. The Morgan fingerprint density at radius 1 is 1.36 bits per heavy atom. The molecule has 14 heavy (non-hydrogen) atoms. The fraction of sp³-hybridized carbons (Fsp3) is 0.182. The quantitative estimate of drug-likeness (QED) is 0.671. The molecule has 1 aliphatic carbocycles. The summed E-state index contributed by atoms with van der Waals surface area (Å²) in [6.07, 6.45) is 1.58. The van der Waals surface area contributed by atoms with Gasteiger partial charge >= 0.3 is 0 Å². The first kappa shape index (κ1) is 9.28. The van der Waals surface area contributed by atoms with E-state index in [0.29, 0.717) is 10.8 Å². The summed E-state index contributed by atoms with van der Waals surface area (Å²) in [5.41, 5.74) is 3.55. The zero-order valence-electron chi connectivity index (χ0n) is 7.93. The molecule has 0 fully saturated rings. The van der Waals surface area contributed by atoms with E-state index in [-0.39, 0.29) is 5.78 Å². The molecule has 0 bridgehead atoms. The van der Waals surface area contributed by atoms with Crippen LogP contribution in [0, 0.1) is 6.92 Å². The summed E-state index contributed by atoms with van der Waals surface area (Å²) in [6.45, 7) is 3.49. The van der Waals surface area contributed by atoms with E-state index >= 15 is 0 Å². The molecule has 0 saturated heterocycles. The molecule has 0 spiro atoms. The van der Waals surface area contributed by atoms with Gasteiger partial charge in [-0.3, -0.25) is 4.79 Å². The molecule has 2 nitrogen and oxygen atoms in total. The number of aryl methyl sites for hydroxylation is 1. The van der Waals surface area contributed by atoms with E-state index in [2.05, 4.69) is 0 Å². The highest BCUT2D eigenvalue weighted by Crippen LogP contribution is 2.34. The van der Waals surface area contributed by atoms with E-state index < -0.39 is 0 Å². The summed E-state index contributed by atoms with van der Waals surface area (Å²) in [7, 11) is 0. The van der Waals surface area contributed by atoms with Crippen LogP contribution in [0.2, 0.25) is 5.22 Å². The molecule has 0 aromatic rings. The van der Waals surface area contributed by atoms with Crippen molar-refractivity contribution in [3.63, 3.8) is 0 Å². The highest BCUT2D eigenvalue weighted by molar-refractivity contribution is 6.29. The van der Waals surface area contributed by atoms with Crippen LogP contribution < -0.4 is 0 Å². The maximum Gasteiger partial charge on any atom is 0.193 e. The van der Waals surface area contributed by atoms with E-state index in [1.54, 1.807) is 19.3 Å².